The van der Waals surface area contributed by atoms with Gasteiger partial charge in [0.25, 0.3) is 0 Å². The van der Waals surface area contributed by atoms with E-state index in [0.717, 1.165) is 15.7 Å². The third-order valence-corrected chi connectivity index (χ3v) is 3.86. The van der Waals surface area contributed by atoms with Crippen LogP contribution in [0.3, 0.4) is 0 Å². The van der Waals surface area contributed by atoms with E-state index >= 15 is 0 Å². The highest BCUT2D eigenvalue weighted by Gasteiger charge is 2.04. The summed E-state index contributed by atoms with van der Waals surface area (Å²) in [4.78, 5) is 29.5. The van der Waals surface area contributed by atoms with E-state index in [1.54, 1.807) is 18.4 Å². The molecule has 0 saturated heterocycles. The fourth-order valence-electron chi connectivity index (χ4n) is 1.35. The fraction of sp³-hybridized carbons (Fsp3) is 0.412. The number of hydrogen-bond donors (Lipinski definition) is 2. The van der Waals surface area contributed by atoms with Crippen LogP contribution in [-0.4, -0.2) is 39.1 Å². The van der Waals surface area contributed by atoms with E-state index in [2.05, 4.69) is 26.9 Å². The van der Waals surface area contributed by atoms with Crippen molar-refractivity contribution in [1.82, 2.24) is 9.97 Å². The average molecular weight is 445 g/mol. The average Bonchev–Trinajstić information content (AvgIpc) is 3.16. The second-order valence-corrected chi connectivity index (χ2v) is 7.64. The Balaban J connectivity index is 0. The Morgan fingerprint density at radius 2 is 1.57 bits per heavy atom. The molecular formula is C17H24N4O4S3. The molecule has 11 heteroatoms. The Morgan fingerprint density at radius 1 is 1.21 bits per heavy atom. The van der Waals surface area contributed by atoms with Crippen LogP contribution < -0.4 is 5.73 Å². The minimum absolute atomic E-state index is 0.0321. The molecule has 2 aromatic rings. The zero-order valence-electron chi connectivity index (χ0n) is 16.4. The number of carboxylic acid groups (broad SMARTS) is 1. The zero-order valence-corrected chi connectivity index (χ0v) is 18.8. The molecule has 0 fully saturated rings. The van der Waals surface area contributed by atoms with Crippen LogP contribution in [0.1, 0.15) is 35.3 Å². The lowest BCUT2D eigenvalue weighted by Gasteiger charge is -1.93. The summed E-state index contributed by atoms with van der Waals surface area (Å²) in [7, 11) is 1.38. The normalized spacial score (nSPS) is 8.43. The Labute approximate surface area is 178 Å². The lowest BCUT2D eigenvalue weighted by atomic mass is 10.3. The predicted molar refractivity (Wildman–Crippen MR) is 115 cm³/mol. The lowest BCUT2D eigenvalue weighted by Crippen LogP contribution is -2.04. The molecule has 0 unspecified atom stereocenters. The number of esters is 1. The van der Waals surface area contributed by atoms with Crippen molar-refractivity contribution in [2.75, 3.05) is 7.11 Å². The highest BCUT2D eigenvalue weighted by atomic mass is 32.1. The van der Waals surface area contributed by atoms with Gasteiger partial charge in [0.15, 0.2) is 0 Å². The number of carbonyl (C=O) groups is 2. The largest absolute Gasteiger partial charge is 0.481 e. The van der Waals surface area contributed by atoms with Crippen LogP contribution in [0.5, 0.6) is 0 Å². The number of aryl methyl sites for hydroxylation is 2. The van der Waals surface area contributed by atoms with Gasteiger partial charge in [0.2, 0.25) is 0 Å². The summed E-state index contributed by atoms with van der Waals surface area (Å²) < 4.78 is 4.49. The molecule has 0 spiro atoms. The molecule has 0 aliphatic heterocycles. The maximum atomic E-state index is 10.7. The number of carboxylic acids is 1. The van der Waals surface area contributed by atoms with E-state index in [9.17, 15) is 9.59 Å². The minimum atomic E-state index is -0.828. The number of nitrogens with two attached hydrogens (primary N) is 1. The van der Waals surface area contributed by atoms with Crippen molar-refractivity contribution in [3.8, 4) is 6.07 Å². The molecule has 2 rings (SSSR count). The van der Waals surface area contributed by atoms with Crippen molar-refractivity contribution in [2.24, 2.45) is 5.73 Å². The number of nitriles is 1. The van der Waals surface area contributed by atoms with Gasteiger partial charge in [-0.1, -0.05) is 12.2 Å². The van der Waals surface area contributed by atoms with Crippen LogP contribution in [-0.2, 0) is 27.2 Å². The third-order valence-electron chi connectivity index (χ3n) is 2.22. The number of hydrogen-bond acceptors (Lipinski definition) is 9. The Hall–Kier alpha value is -2.42. The van der Waals surface area contributed by atoms with Crippen molar-refractivity contribution in [1.29, 1.82) is 5.26 Å². The van der Waals surface area contributed by atoms with Gasteiger partial charge in [-0.05, 0) is 20.8 Å². The number of ether oxygens (including phenoxy) is 1. The molecule has 28 heavy (non-hydrogen) atoms. The maximum Gasteiger partial charge on any atom is 0.311 e. The van der Waals surface area contributed by atoms with E-state index in [-0.39, 0.29) is 18.8 Å². The first-order valence-corrected chi connectivity index (χ1v) is 9.89. The summed E-state index contributed by atoms with van der Waals surface area (Å²) in [5.74, 6) is -1.07. The van der Waals surface area contributed by atoms with Gasteiger partial charge >= 0.3 is 11.9 Å². The topological polar surface area (TPSA) is 139 Å². The van der Waals surface area contributed by atoms with Crippen molar-refractivity contribution in [3.05, 3.63) is 32.2 Å². The quantitative estimate of drug-likeness (QED) is 0.538. The molecule has 0 radical (unpaired) electrons. The van der Waals surface area contributed by atoms with Crippen molar-refractivity contribution in [3.63, 3.8) is 0 Å². The minimum Gasteiger partial charge on any atom is -0.481 e. The molecule has 3 N–H and O–H groups in total. The van der Waals surface area contributed by atoms with Crippen LogP contribution in [0.4, 0.5) is 0 Å². The summed E-state index contributed by atoms with van der Waals surface area (Å²) in [6.07, 6.45) is 0.311. The number of nitrogens with zero attached hydrogens (tertiary/aromatic N) is 3. The molecule has 0 aromatic carbocycles. The fourth-order valence-corrected chi connectivity index (χ4v) is 2.58. The SMILES string of the molecule is CC#N.CC(N)=S.COC(=O)Cc1csc(C)n1.Cc1nc(CC(=O)O)cs1. The second-order valence-electron chi connectivity index (χ2n) is 4.87. The van der Waals surface area contributed by atoms with Gasteiger partial charge in [-0.2, -0.15) is 5.26 Å². The van der Waals surface area contributed by atoms with Crippen LogP contribution in [0, 0.1) is 25.2 Å². The standard InChI is InChI=1S/C7H9NO2S.C6H7NO2S.C2H5NS.C2H3N/c1-5-8-6(4-11-5)3-7(9)10-2;1-4-7-5(3-10-4)2-6(8)9;1-2(3)4;1-2-3/h4H,3H2,1-2H3;3H,2H2,1H3,(H,8,9);1H3,(H2,3,4);1H3. The molecule has 8 nitrogen and oxygen atoms in total. The molecular weight excluding hydrogens is 420 g/mol. The van der Waals surface area contributed by atoms with E-state index in [4.69, 9.17) is 16.1 Å². The first-order chi connectivity index (χ1) is 13.0. The van der Waals surface area contributed by atoms with Gasteiger partial charge in [0.1, 0.15) is 0 Å². The van der Waals surface area contributed by atoms with Gasteiger partial charge in [-0.15, -0.1) is 22.7 Å². The van der Waals surface area contributed by atoms with E-state index in [0.29, 0.717) is 10.7 Å². The molecule has 0 bridgehead atoms. The zero-order chi connectivity index (χ0) is 22.1. The Bertz CT molecular complexity index is 777. The summed E-state index contributed by atoms with van der Waals surface area (Å²) >= 11 is 7.32. The summed E-state index contributed by atoms with van der Waals surface area (Å²) in [5.41, 5.74) is 6.28. The first kappa shape index (κ1) is 27.8. The van der Waals surface area contributed by atoms with E-state index in [1.807, 2.05) is 19.2 Å². The van der Waals surface area contributed by atoms with E-state index < -0.39 is 5.97 Å². The highest BCUT2D eigenvalue weighted by Crippen LogP contribution is 2.08. The Kier molecular flexibility index (Phi) is 16.6. The van der Waals surface area contributed by atoms with Crippen molar-refractivity contribution >= 4 is 51.8 Å². The molecule has 0 atom stereocenters. The van der Waals surface area contributed by atoms with Crippen LogP contribution >= 0.6 is 34.9 Å². The number of carbonyl (C=O) groups excluding carboxylic acids is 1. The number of aromatic nitrogens is 2. The lowest BCUT2D eigenvalue weighted by molar-refractivity contribution is -0.140. The molecule has 0 aliphatic carbocycles. The number of thiazole rings is 2. The molecule has 2 heterocycles. The first-order valence-electron chi connectivity index (χ1n) is 7.73. The maximum absolute atomic E-state index is 10.7. The van der Waals surface area contributed by atoms with Gasteiger partial charge < -0.3 is 15.6 Å². The number of rotatable bonds is 4. The van der Waals surface area contributed by atoms with Crippen LogP contribution in [0.2, 0.25) is 0 Å². The Morgan fingerprint density at radius 3 is 1.82 bits per heavy atom. The number of methoxy groups -OCH3 is 1. The monoisotopic (exact) mass is 444 g/mol. The van der Waals surface area contributed by atoms with Crippen LogP contribution in [0.25, 0.3) is 0 Å². The number of thiocarbonyl (C=S) groups is 1. The second kappa shape index (κ2) is 16.7. The predicted octanol–water partition coefficient (Wildman–Crippen LogP) is 3.07. The molecule has 0 saturated carbocycles. The summed E-state index contributed by atoms with van der Waals surface area (Å²) in [5, 5.41) is 21.2. The highest BCUT2D eigenvalue weighted by molar-refractivity contribution is 7.80. The van der Waals surface area contributed by atoms with Crippen LogP contribution in [0.15, 0.2) is 10.8 Å². The molecule has 2 aromatic heterocycles. The third kappa shape index (κ3) is 18.4. The van der Waals surface area contributed by atoms with E-state index in [1.165, 1.54) is 36.7 Å². The summed E-state index contributed by atoms with van der Waals surface area (Å²) in [6, 6.07) is 1.75. The van der Waals surface area contributed by atoms with Crippen molar-refractivity contribution in [2.45, 2.75) is 40.5 Å². The van der Waals surface area contributed by atoms with Crippen molar-refractivity contribution < 1.29 is 19.4 Å². The van der Waals surface area contributed by atoms with Gasteiger partial charge in [0.05, 0.1) is 52.4 Å². The smallest absolute Gasteiger partial charge is 0.311 e. The molecule has 0 amide bonds. The van der Waals surface area contributed by atoms with Gasteiger partial charge in [0, 0.05) is 17.7 Å². The number of aliphatic carboxylic acids is 1. The molecule has 154 valence electrons. The summed E-state index contributed by atoms with van der Waals surface area (Å²) in [6.45, 7) is 6.87. The molecule has 0 aliphatic rings. The van der Waals surface area contributed by atoms with Gasteiger partial charge in [-0.3, -0.25) is 9.59 Å². The van der Waals surface area contributed by atoms with Gasteiger partial charge in [-0.25, -0.2) is 9.97 Å².